The summed E-state index contributed by atoms with van der Waals surface area (Å²) >= 11 is 0. The van der Waals surface area contributed by atoms with Crippen molar-refractivity contribution in [2.45, 2.75) is 82.3 Å². The number of ether oxygens (including phenoxy) is 1. The lowest BCUT2D eigenvalue weighted by atomic mass is 9.69. The molecule has 1 aliphatic carbocycles. The molecule has 0 bridgehead atoms. The zero-order valence-corrected chi connectivity index (χ0v) is 13.8. The van der Waals surface area contributed by atoms with Gasteiger partial charge in [-0.05, 0) is 64.0 Å². The van der Waals surface area contributed by atoms with Gasteiger partial charge >= 0.3 is 0 Å². The van der Waals surface area contributed by atoms with Crippen LogP contribution in [0.25, 0.3) is 0 Å². The quantitative estimate of drug-likeness (QED) is 0.848. The van der Waals surface area contributed by atoms with Crippen LogP contribution in [0, 0.1) is 5.92 Å². The molecule has 0 amide bonds. The highest BCUT2D eigenvalue weighted by Crippen LogP contribution is 2.46. The molecule has 3 rings (SSSR count). The Kier molecular flexibility index (Phi) is 4.92. The van der Waals surface area contributed by atoms with Crippen LogP contribution in [0.2, 0.25) is 0 Å². The molecule has 2 atom stereocenters. The van der Waals surface area contributed by atoms with E-state index in [9.17, 15) is 5.11 Å². The highest BCUT2D eigenvalue weighted by atomic mass is 16.5. The Morgan fingerprint density at radius 1 is 1.05 bits per heavy atom. The van der Waals surface area contributed by atoms with Gasteiger partial charge < -0.3 is 14.7 Å². The number of nitrogens with zero attached hydrogens (tertiary/aromatic N) is 1. The van der Waals surface area contributed by atoms with Gasteiger partial charge in [-0.25, -0.2) is 0 Å². The van der Waals surface area contributed by atoms with Crippen LogP contribution in [-0.2, 0) is 4.74 Å². The molecule has 3 heteroatoms. The van der Waals surface area contributed by atoms with E-state index < -0.39 is 5.60 Å². The van der Waals surface area contributed by atoms with Gasteiger partial charge in [0.25, 0.3) is 0 Å². The van der Waals surface area contributed by atoms with E-state index in [0.717, 1.165) is 58.3 Å². The van der Waals surface area contributed by atoms with Crippen molar-refractivity contribution in [3.8, 4) is 0 Å². The second-order valence-electron chi connectivity index (χ2n) is 7.67. The van der Waals surface area contributed by atoms with Crippen molar-refractivity contribution in [3.05, 3.63) is 0 Å². The average Bonchev–Trinajstić information content (AvgIpc) is 2.71. The van der Waals surface area contributed by atoms with Gasteiger partial charge in [-0.3, -0.25) is 0 Å². The number of rotatable bonds is 2. The summed E-state index contributed by atoms with van der Waals surface area (Å²) in [6.07, 6.45) is 11.7. The first-order chi connectivity index (χ1) is 10.2. The van der Waals surface area contributed by atoms with Crippen molar-refractivity contribution < 1.29 is 9.84 Å². The molecule has 0 radical (unpaired) electrons. The minimum atomic E-state index is -0.432. The summed E-state index contributed by atoms with van der Waals surface area (Å²) in [4.78, 5) is 2.49. The van der Waals surface area contributed by atoms with E-state index in [1.807, 2.05) is 0 Å². The second-order valence-corrected chi connectivity index (χ2v) is 7.67. The lowest BCUT2D eigenvalue weighted by Crippen LogP contribution is -2.49. The molecule has 3 fully saturated rings. The molecule has 3 aliphatic rings. The molecule has 0 aromatic heterocycles. The van der Waals surface area contributed by atoms with Crippen molar-refractivity contribution in [1.82, 2.24) is 4.90 Å². The molecule has 1 saturated carbocycles. The summed E-state index contributed by atoms with van der Waals surface area (Å²) in [5, 5.41) is 11.3. The van der Waals surface area contributed by atoms with Crippen LogP contribution in [0.15, 0.2) is 0 Å². The van der Waals surface area contributed by atoms with Crippen LogP contribution < -0.4 is 0 Å². The van der Waals surface area contributed by atoms with E-state index in [-0.39, 0.29) is 5.60 Å². The maximum atomic E-state index is 11.3. The van der Waals surface area contributed by atoms with Crippen LogP contribution in [0.1, 0.15) is 71.1 Å². The van der Waals surface area contributed by atoms with E-state index in [1.165, 1.54) is 32.1 Å². The largest absolute Gasteiger partial charge is 0.390 e. The summed E-state index contributed by atoms with van der Waals surface area (Å²) < 4.78 is 6.22. The fourth-order valence-corrected chi connectivity index (χ4v) is 4.95. The highest BCUT2D eigenvalue weighted by Gasteiger charge is 2.46. The minimum absolute atomic E-state index is 0.119. The summed E-state index contributed by atoms with van der Waals surface area (Å²) in [5.74, 6) is 0.459. The molecular formula is C18H33NO2. The maximum Gasteiger partial charge on any atom is 0.0690 e. The fourth-order valence-electron chi connectivity index (χ4n) is 4.95. The second kappa shape index (κ2) is 6.55. The third-order valence-electron chi connectivity index (χ3n) is 6.41. The molecule has 3 nitrogen and oxygen atoms in total. The number of aliphatic hydroxyl groups is 1. The first kappa shape index (κ1) is 15.8. The van der Waals surface area contributed by atoms with E-state index in [4.69, 9.17) is 4.74 Å². The Morgan fingerprint density at radius 2 is 1.86 bits per heavy atom. The highest BCUT2D eigenvalue weighted by molar-refractivity contribution is 4.98. The minimum Gasteiger partial charge on any atom is -0.390 e. The van der Waals surface area contributed by atoms with E-state index >= 15 is 0 Å². The number of likely N-dealkylation sites (tertiary alicyclic amines) is 1. The first-order valence-electron chi connectivity index (χ1n) is 9.25. The molecule has 122 valence electrons. The van der Waals surface area contributed by atoms with Crippen LogP contribution in [0.5, 0.6) is 0 Å². The molecule has 1 spiro atoms. The van der Waals surface area contributed by atoms with Crippen LogP contribution in [-0.4, -0.2) is 47.4 Å². The van der Waals surface area contributed by atoms with Gasteiger partial charge in [0, 0.05) is 13.2 Å². The smallest absolute Gasteiger partial charge is 0.0690 e. The molecule has 0 aromatic rings. The van der Waals surface area contributed by atoms with Gasteiger partial charge in [0.2, 0.25) is 0 Å². The van der Waals surface area contributed by atoms with Crippen LogP contribution in [0.4, 0.5) is 0 Å². The lowest BCUT2D eigenvalue weighted by Gasteiger charge is -2.48. The van der Waals surface area contributed by atoms with E-state index in [0.29, 0.717) is 5.92 Å². The third kappa shape index (κ3) is 3.46. The van der Waals surface area contributed by atoms with Gasteiger partial charge in [0.1, 0.15) is 0 Å². The monoisotopic (exact) mass is 295 g/mol. The summed E-state index contributed by atoms with van der Waals surface area (Å²) in [5.41, 5.74) is -0.314. The fraction of sp³-hybridized carbons (Fsp3) is 1.00. The Hall–Kier alpha value is -0.120. The molecule has 2 heterocycles. The van der Waals surface area contributed by atoms with Gasteiger partial charge in [0.15, 0.2) is 0 Å². The molecule has 21 heavy (non-hydrogen) atoms. The van der Waals surface area contributed by atoms with Gasteiger partial charge in [-0.1, -0.05) is 26.2 Å². The van der Waals surface area contributed by atoms with E-state index in [1.54, 1.807) is 0 Å². The Bertz CT molecular complexity index is 335. The van der Waals surface area contributed by atoms with Crippen molar-refractivity contribution in [2.75, 3.05) is 26.2 Å². The molecular weight excluding hydrogens is 262 g/mol. The summed E-state index contributed by atoms with van der Waals surface area (Å²) in [7, 11) is 0. The van der Waals surface area contributed by atoms with Gasteiger partial charge in [0.05, 0.1) is 11.2 Å². The Balaban J connectivity index is 1.67. The Morgan fingerprint density at radius 3 is 2.62 bits per heavy atom. The predicted octanol–water partition coefficient (Wildman–Crippen LogP) is 3.35. The van der Waals surface area contributed by atoms with Crippen molar-refractivity contribution in [3.63, 3.8) is 0 Å². The predicted molar refractivity (Wildman–Crippen MR) is 85.4 cm³/mol. The Labute approximate surface area is 130 Å². The zero-order valence-electron chi connectivity index (χ0n) is 13.8. The molecule has 1 N–H and O–H groups in total. The van der Waals surface area contributed by atoms with Gasteiger partial charge in [-0.2, -0.15) is 0 Å². The first-order valence-corrected chi connectivity index (χ1v) is 9.25. The molecule has 0 aromatic carbocycles. The third-order valence-corrected chi connectivity index (χ3v) is 6.41. The zero-order chi connectivity index (χ0) is 14.8. The number of hydrogen-bond acceptors (Lipinski definition) is 3. The number of hydrogen-bond donors (Lipinski definition) is 1. The van der Waals surface area contributed by atoms with Gasteiger partial charge in [-0.15, -0.1) is 0 Å². The molecule has 2 saturated heterocycles. The summed E-state index contributed by atoms with van der Waals surface area (Å²) in [6, 6.07) is 0. The molecule has 2 aliphatic heterocycles. The SMILES string of the molecule is CCN1CCCC(O)(C2CCOC3(CCCCC3)C2)CC1. The van der Waals surface area contributed by atoms with Crippen LogP contribution in [0.3, 0.4) is 0 Å². The summed E-state index contributed by atoms with van der Waals surface area (Å²) in [6.45, 7) is 6.44. The average molecular weight is 295 g/mol. The topological polar surface area (TPSA) is 32.7 Å². The van der Waals surface area contributed by atoms with E-state index in [2.05, 4.69) is 11.8 Å². The standard InChI is InChI=1S/C18H33NO2/c1-2-19-12-6-10-18(20,11-13-19)16-7-14-21-17(15-16)8-4-3-5-9-17/h16,20H,2-15H2,1H3. The normalized spacial score (nSPS) is 38.3. The molecule has 2 unspecified atom stereocenters. The lowest BCUT2D eigenvalue weighted by molar-refractivity contribution is -0.158. The van der Waals surface area contributed by atoms with Crippen molar-refractivity contribution in [1.29, 1.82) is 0 Å². The van der Waals surface area contributed by atoms with Crippen molar-refractivity contribution >= 4 is 0 Å². The maximum absolute atomic E-state index is 11.3. The van der Waals surface area contributed by atoms with Crippen molar-refractivity contribution in [2.24, 2.45) is 5.92 Å². The van der Waals surface area contributed by atoms with Crippen LogP contribution >= 0.6 is 0 Å².